The molecule has 0 saturated heterocycles. The summed E-state index contributed by atoms with van der Waals surface area (Å²) < 4.78 is 12.7. The maximum absolute atomic E-state index is 5.32. The first-order chi connectivity index (χ1) is 9.15. The van der Waals surface area contributed by atoms with Gasteiger partial charge in [0.15, 0.2) is 11.5 Å². The lowest BCUT2D eigenvalue weighted by molar-refractivity contribution is 0.354. The molecular weight excluding hydrogens is 240 g/mol. The van der Waals surface area contributed by atoms with E-state index in [1.165, 1.54) is 0 Å². The van der Waals surface area contributed by atoms with Gasteiger partial charge in [-0.25, -0.2) is 4.98 Å². The lowest BCUT2D eigenvalue weighted by Gasteiger charge is -2.13. The van der Waals surface area contributed by atoms with Crippen molar-refractivity contribution < 1.29 is 9.47 Å². The first-order valence-corrected chi connectivity index (χ1v) is 6.38. The van der Waals surface area contributed by atoms with Crippen LogP contribution in [-0.4, -0.2) is 23.8 Å². The minimum absolute atomic E-state index is 0.414. The van der Waals surface area contributed by atoms with Gasteiger partial charge in [0, 0.05) is 24.9 Å². The number of imidazole rings is 1. The lowest BCUT2D eigenvalue weighted by Crippen LogP contribution is -2.06. The van der Waals surface area contributed by atoms with Gasteiger partial charge >= 0.3 is 0 Å². The van der Waals surface area contributed by atoms with E-state index >= 15 is 0 Å². The summed E-state index contributed by atoms with van der Waals surface area (Å²) in [4.78, 5) is 4.42. The smallest absolute Gasteiger partial charge is 0.161 e. The van der Waals surface area contributed by atoms with Gasteiger partial charge in [0.1, 0.15) is 5.82 Å². The van der Waals surface area contributed by atoms with Crippen molar-refractivity contribution in [1.29, 1.82) is 0 Å². The highest BCUT2D eigenvalue weighted by molar-refractivity contribution is 5.43. The number of hydrogen-bond donors (Lipinski definition) is 0. The van der Waals surface area contributed by atoms with Gasteiger partial charge in [-0.1, -0.05) is 6.07 Å². The Hall–Kier alpha value is -1.97. The van der Waals surface area contributed by atoms with E-state index in [9.17, 15) is 0 Å². The molecule has 0 N–H and O–H groups in total. The van der Waals surface area contributed by atoms with E-state index in [1.807, 2.05) is 30.6 Å². The predicted molar refractivity (Wildman–Crippen MR) is 75.0 cm³/mol. The van der Waals surface area contributed by atoms with Crippen molar-refractivity contribution >= 4 is 0 Å². The topological polar surface area (TPSA) is 36.3 Å². The van der Waals surface area contributed by atoms with Crippen molar-refractivity contribution in [2.75, 3.05) is 14.2 Å². The second-order valence-corrected chi connectivity index (χ2v) is 4.71. The Kier molecular flexibility index (Phi) is 4.10. The van der Waals surface area contributed by atoms with Crippen LogP contribution in [0.4, 0.5) is 0 Å². The molecule has 0 bridgehead atoms. The fourth-order valence-corrected chi connectivity index (χ4v) is 2.12. The molecule has 2 rings (SSSR count). The minimum atomic E-state index is 0.414. The molecule has 0 fully saturated rings. The summed E-state index contributed by atoms with van der Waals surface area (Å²) in [6, 6.07) is 6.38. The van der Waals surface area contributed by atoms with Crippen molar-refractivity contribution in [2.24, 2.45) is 0 Å². The Morgan fingerprint density at radius 3 is 2.53 bits per heavy atom. The summed E-state index contributed by atoms with van der Waals surface area (Å²) in [5.41, 5.74) is 1.16. The molecule has 0 atom stereocenters. The molecule has 0 unspecified atom stereocenters. The maximum atomic E-state index is 5.32. The van der Waals surface area contributed by atoms with E-state index in [-0.39, 0.29) is 0 Å². The Morgan fingerprint density at radius 2 is 1.89 bits per heavy atom. The van der Waals surface area contributed by atoms with Crippen LogP contribution < -0.4 is 9.47 Å². The first-order valence-electron chi connectivity index (χ1n) is 6.38. The zero-order valence-electron chi connectivity index (χ0n) is 11.9. The van der Waals surface area contributed by atoms with Gasteiger partial charge in [0.05, 0.1) is 14.2 Å². The highest BCUT2D eigenvalue weighted by Gasteiger charge is 2.09. The average molecular weight is 260 g/mol. The third-order valence-electron chi connectivity index (χ3n) is 3.12. The van der Waals surface area contributed by atoms with Gasteiger partial charge in [-0.2, -0.15) is 0 Å². The van der Waals surface area contributed by atoms with E-state index in [0.29, 0.717) is 6.04 Å². The van der Waals surface area contributed by atoms with Crippen LogP contribution in [0.5, 0.6) is 11.5 Å². The van der Waals surface area contributed by atoms with Gasteiger partial charge in [-0.3, -0.25) is 0 Å². The normalized spacial score (nSPS) is 10.8. The molecule has 1 aromatic heterocycles. The molecule has 0 radical (unpaired) electrons. The Labute approximate surface area is 114 Å². The molecule has 1 aromatic carbocycles. The van der Waals surface area contributed by atoms with E-state index in [0.717, 1.165) is 29.3 Å². The van der Waals surface area contributed by atoms with Gasteiger partial charge in [0.2, 0.25) is 0 Å². The van der Waals surface area contributed by atoms with Crippen LogP contribution in [0.2, 0.25) is 0 Å². The Balaban J connectivity index is 2.26. The number of benzene rings is 1. The van der Waals surface area contributed by atoms with Crippen LogP contribution in [0.3, 0.4) is 0 Å². The molecule has 19 heavy (non-hydrogen) atoms. The second kappa shape index (κ2) is 5.78. The number of aromatic nitrogens is 2. The van der Waals surface area contributed by atoms with Gasteiger partial charge < -0.3 is 14.0 Å². The van der Waals surface area contributed by atoms with Crippen molar-refractivity contribution in [2.45, 2.75) is 26.3 Å². The highest BCUT2D eigenvalue weighted by atomic mass is 16.5. The number of hydrogen-bond acceptors (Lipinski definition) is 3. The maximum Gasteiger partial charge on any atom is 0.161 e. The van der Waals surface area contributed by atoms with Crippen molar-refractivity contribution in [1.82, 2.24) is 9.55 Å². The predicted octanol–water partition coefficient (Wildman–Crippen LogP) is 3.07. The van der Waals surface area contributed by atoms with Crippen LogP contribution in [-0.2, 0) is 6.42 Å². The highest BCUT2D eigenvalue weighted by Crippen LogP contribution is 2.28. The van der Waals surface area contributed by atoms with Crippen LogP contribution in [0.1, 0.15) is 31.3 Å². The van der Waals surface area contributed by atoms with E-state index in [2.05, 4.69) is 23.4 Å². The standard InChI is InChI=1S/C15H20N2O2/c1-11(2)17-8-7-16-15(17)10-12-5-6-13(18-3)14(9-12)19-4/h5-9,11H,10H2,1-4H3. The van der Waals surface area contributed by atoms with E-state index < -0.39 is 0 Å². The first kappa shape index (κ1) is 13.5. The van der Waals surface area contributed by atoms with Crippen molar-refractivity contribution in [3.05, 3.63) is 42.0 Å². The molecule has 0 spiro atoms. The summed E-state index contributed by atoms with van der Waals surface area (Å²) in [7, 11) is 3.29. The largest absolute Gasteiger partial charge is 0.493 e. The third kappa shape index (κ3) is 2.89. The average Bonchev–Trinajstić information content (AvgIpc) is 2.87. The fourth-order valence-electron chi connectivity index (χ4n) is 2.12. The molecule has 0 amide bonds. The van der Waals surface area contributed by atoms with E-state index in [4.69, 9.17) is 9.47 Å². The molecule has 0 saturated carbocycles. The molecule has 0 aliphatic rings. The van der Waals surface area contributed by atoms with Gasteiger partial charge in [0.25, 0.3) is 0 Å². The lowest BCUT2D eigenvalue weighted by atomic mass is 10.1. The number of methoxy groups -OCH3 is 2. The fraction of sp³-hybridized carbons (Fsp3) is 0.400. The molecule has 0 aliphatic heterocycles. The third-order valence-corrected chi connectivity index (χ3v) is 3.12. The number of ether oxygens (including phenoxy) is 2. The molecule has 4 nitrogen and oxygen atoms in total. The monoisotopic (exact) mass is 260 g/mol. The Bertz CT molecular complexity index is 547. The molecule has 0 aliphatic carbocycles. The summed E-state index contributed by atoms with van der Waals surface area (Å²) in [6.45, 7) is 4.31. The number of rotatable bonds is 5. The van der Waals surface area contributed by atoms with Crippen LogP contribution in [0.25, 0.3) is 0 Å². The molecular formula is C15H20N2O2. The molecule has 1 heterocycles. The quantitative estimate of drug-likeness (QED) is 0.829. The summed E-state index contributed by atoms with van der Waals surface area (Å²) >= 11 is 0. The molecule has 102 valence electrons. The Morgan fingerprint density at radius 1 is 1.16 bits per heavy atom. The van der Waals surface area contributed by atoms with Crippen LogP contribution >= 0.6 is 0 Å². The van der Waals surface area contributed by atoms with Crippen molar-refractivity contribution in [3.8, 4) is 11.5 Å². The summed E-state index contributed by atoms with van der Waals surface area (Å²) in [5.74, 6) is 2.56. The minimum Gasteiger partial charge on any atom is -0.493 e. The molecule has 4 heteroatoms. The van der Waals surface area contributed by atoms with E-state index in [1.54, 1.807) is 14.2 Å². The molecule has 2 aromatic rings. The summed E-state index contributed by atoms with van der Waals surface area (Å²) in [6.07, 6.45) is 4.64. The zero-order chi connectivity index (χ0) is 13.8. The van der Waals surface area contributed by atoms with Crippen LogP contribution in [0.15, 0.2) is 30.6 Å². The van der Waals surface area contributed by atoms with Gasteiger partial charge in [-0.05, 0) is 31.5 Å². The SMILES string of the molecule is COc1ccc(Cc2nccn2C(C)C)cc1OC. The summed E-state index contributed by atoms with van der Waals surface area (Å²) in [5, 5.41) is 0. The van der Waals surface area contributed by atoms with Crippen LogP contribution in [0, 0.1) is 0 Å². The number of nitrogens with zero attached hydrogens (tertiary/aromatic N) is 2. The second-order valence-electron chi connectivity index (χ2n) is 4.71. The zero-order valence-corrected chi connectivity index (χ0v) is 11.9. The van der Waals surface area contributed by atoms with Crippen molar-refractivity contribution in [3.63, 3.8) is 0 Å². The van der Waals surface area contributed by atoms with Gasteiger partial charge in [-0.15, -0.1) is 0 Å².